The van der Waals surface area contributed by atoms with Gasteiger partial charge in [0.2, 0.25) is 5.91 Å². The number of ether oxygens (including phenoxy) is 1. The average molecular weight is 448 g/mol. The molecule has 1 aliphatic rings. The number of hydrogen-bond donors (Lipinski definition) is 2. The van der Waals surface area contributed by atoms with Crippen LogP contribution in [0.4, 0.5) is 4.39 Å². The van der Waals surface area contributed by atoms with Crippen molar-refractivity contribution in [2.75, 3.05) is 26.2 Å². The fraction of sp³-hybridized carbons (Fsp3) is 0.391. The molecule has 0 spiro atoms. The Kier molecular flexibility index (Phi) is 7.87. The number of carbonyl (C=O) groups excluding carboxylic acids is 2. The first-order valence-electron chi connectivity index (χ1n) is 10.3. The summed E-state index contributed by atoms with van der Waals surface area (Å²) in [4.78, 5) is 26.0. The largest absolute Gasteiger partial charge is 0.483 e. The normalized spacial score (nSPS) is 16.1. The summed E-state index contributed by atoms with van der Waals surface area (Å²) in [5, 5.41) is 6.55. The minimum Gasteiger partial charge on any atom is -0.483 e. The smallest absolute Gasteiger partial charge is 0.260 e. The van der Waals surface area contributed by atoms with Crippen molar-refractivity contribution in [3.05, 3.63) is 63.9 Å². The van der Waals surface area contributed by atoms with Gasteiger partial charge >= 0.3 is 0 Å². The monoisotopic (exact) mass is 447 g/mol. The van der Waals surface area contributed by atoms with Gasteiger partial charge in [0.25, 0.3) is 5.91 Å². The van der Waals surface area contributed by atoms with Crippen molar-refractivity contribution in [1.29, 1.82) is 0 Å². The van der Waals surface area contributed by atoms with E-state index in [0.29, 0.717) is 29.3 Å². The van der Waals surface area contributed by atoms with Crippen LogP contribution in [-0.4, -0.2) is 49.0 Å². The van der Waals surface area contributed by atoms with Gasteiger partial charge in [-0.15, -0.1) is 0 Å². The first-order valence-corrected chi connectivity index (χ1v) is 10.6. The van der Waals surface area contributed by atoms with Crippen LogP contribution in [0.15, 0.2) is 36.4 Å². The molecule has 1 atom stereocenters. The Bertz CT molecular complexity index is 936. The molecule has 2 amide bonds. The van der Waals surface area contributed by atoms with Crippen LogP contribution < -0.4 is 15.4 Å². The third kappa shape index (κ3) is 6.18. The zero-order valence-corrected chi connectivity index (χ0v) is 18.5. The zero-order chi connectivity index (χ0) is 22.4. The molecular formula is C23H27ClFN3O3. The number of rotatable bonds is 7. The fourth-order valence-corrected chi connectivity index (χ4v) is 3.86. The molecule has 0 radical (unpaired) electrons. The summed E-state index contributed by atoms with van der Waals surface area (Å²) in [7, 11) is 0. The van der Waals surface area contributed by atoms with Crippen molar-refractivity contribution < 1.29 is 18.7 Å². The van der Waals surface area contributed by atoms with Gasteiger partial charge in [-0.3, -0.25) is 9.59 Å². The molecule has 1 fully saturated rings. The minimum absolute atomic E-state index is 0.0884. The Morgan fingerprint density at radius 2 is 1.97 bits per heavy atom. The van der Waals surface area contributed by atoms with Gasteiger partial charge in [-0.2, -0.15) is 0 Å². The van der Waals surface area contributed by atoms with Crippen molar-refractivity contribution in [2.45, 2.75) is 32.9 Å². The van der Waals surface area contributed by atoms with E-state index in [0.717, 1.165) is 24.2 Å². The van der Waals surface area contributed by atoms with Crippen molar-refractivity contribution in [3.63, 3.8) is 0 Å². The molecule has 0 aliphatic carbocycles. The van der Waals surface area contributed by atoms with Crippen LogP contribution >= 0.6 is 11.6 Å². The summed E-state index contributed by atoms with van der Waals surface area (Å²) in [6.45, 7) is 5.68. The lowest BCUT2D eigenvalue weighted by Crippen LogP contribution is -2.53. The molecule has 1 aliphatic heterocycles. The SMILES string of the molecule is CC(=O)NCc1c(OCC(=O)N2CCNCC2C)ccc(Cl)c1Cc1ccc(F)cc1. The zero-order valence-electron chi connectivity index (χ0n) is 17.7. The quantitative estimate of drug-likeness (QED) is 0.684. The summed E-state index contributed by atoms with van der Waals surface area (Å²) in [6.07, 6.45) is 0.438. The van der Waals surface area contributed by atoms with Crippen LogP contribution in [0, 0.1) is 5.82 Å². The van der Waals surface area contributed by atoms with Gasteiger partial charge < -0.3 is 20.3 Å². The maximum Gasteiger partial charge on any atom is 0.260 e. The third-order valence-electron chi connectivity index (χ3n) is 5.31. The highest BCUT2D eigenvalue weighted by atomic mass is 35.5. The van der Waals surface area contributed by atoms with Crippen LogP contribution in [0.5, 0.6) is 5.75 Å². The second-order valence-corrected chi connectivity index (χ2v) is 8.05. The second kappa shape index (κ2) is 10.6. The van der Waals surface area contributed by atoms with E-state index in [-0.39, 0.29) is 36.8 Å². The van der Waals surface area contributed by atoms with Crippen LogP contribution in [0.25, 0.3) is 0 Å². The standard InChI is InChI=1S/C23H27ClFN3O3/c1-15-12-26-9-10-28(15)23(30)14-31-22-8-7-21(24)19(20(22)13-27-16(2)29)11-17-3-5-18(25)6-4-17/h3-8,15,26H,9-14H2,1-2H3,(H,27,29). The molecular weight excluding hydrogens is 421 g/mol. The molecule has 31 heavy (non-hydrogen) atoms. The van der Waals surface area contributed by atoms with E-state index >= 15 is 0 Å². The van der Waals surface area contributed by atoms with Gasteiger partial charge in [0.1, 0.15) is 11.6 Å². The molecule has 2 aromatic rings. The molecule has 0 bridgehead atoms. The number of benzene rings is 2. The van der Waals surface area contributed by atoms with E-state index in [1.807, 2.05) is 6.92 Å². The lowest BCUT2D eigenvalue weighted by Gasteiger charge is -2.34. The van der Waals surface area contributed by atoms with Crippen molar-refractivity contribution in [3.8, 4) is 5.75 Å². The molecule has 0 saturated carbocycles. The number of hydrogen-bond acceptors (Lipinski definition) is 4. The molecule has 8 heteroatoms. The number of nitrogens with one attached hydrogen (secondary N) is 2. The fourth-order valence-electron chi connectivity index (χ4n) is 3.62. The molecule has 166 valence electrons. The van der Waals surface area contributed by atoms with Gasteiger partial charge in [0.05, 0.1) is 0 Å². The van der Waals surface area contributed by atoms with E-state index in [2.05, 4.69) is 10.6 Å². The van der Waals surface area contributed by atoms with Crippen LogP contribution in [0.1, 0.15) is 30.5 Å². The maximum absolute atomic E-state index is 13.3. The predicted molar refractivity (Wildman–Crippen MR) is 118 cm³/mol. The molecule has 1 heterocycles. The van der Waals surface area contributed by atoms with Gasteiger partial charge in [-0.25, -0.2) is 4.39 Å². The average Bonchev–Trinajstić information content (AvgIpc) is 2.74. The van der Waals surface area contributed by atoms with Crippen molar-refractivity contribution in [2.24, 2.45) is 0 Å². The first kappa shape index (κ1) is 23.0. The van der Waals surface area contributed by atoms with E-state index in [4.69, 9.17) is 16.3 Å². The highest BCUT2D eigenvalue weighted by Crippen LogP contribution is 2.31. The van der Waals surface area contributed by atoms with Gasteiger partial charge in [0, 0.05) is 49.7 Å². The summed E-state index contributed by atoms with van der Waals surface area (Å²) < 4.78 is 19.2. The van der Waals surface area contributed by atoms with E-state index in [1.54, 1.807) is 29.2 Å². The van der Waals surface area contributed by atoms with E-state index in [1.165, 1.54) is 19.1 Å². The summed E-state index contributed by atoms with van der Waals surface area (Å²) in [5.74, 6) is -0.101. The van der Waals surface area contributed by atoms with Gasteiger partial charge in [0.15, 0.2) is 6.61 Å². The number of piperazine rings is 1. The number of carbonyl (C=O) groups is 2. The Morgan fingerprint density at radius 3 is 2.65 bits per heavy atom. The minimum atomic E-state index is -0.314. The molecule has 2 aromatic carbocycles. The highest BCUT2D eigenvalue weighted by Gasteiger charge is 2.24. The van der Waals surface area contributed by atoms with Crippen molar-refractivity contribution in [1.82, 2.24) is 15.5 Å². The predicted octanol–water partition coefficient (Wildman–Crippen LogP) is 2.91. The Labute approximate surface area is 186 Å². The number of amides is 2. The summed E-state index contributed by atoms with van der Waals surface area (Å²) >= 11 is 6.48. The van der Waals surface area contributed by atoms with Crippen LogP contribution in [0.3, 0.4) is 0 Å². The highest BCUT2D eigenvalue weighted by molar-refractivity contribution is 6.31. The lowest BCUT2D eigenvalue weighted by molar-refractivity contribution is -0.136. The van der Waals surface area contributed by atoms with Crippen LogP contribution in [0.2, 0.25) is 5.02 Å². The third-order valence-corrected chi connectivity index (χ3v) is 5.67. The lowest BCUT2D eigenvalue weighted by atomic mass is 9.98. The number of nitrogens with zero attached hydrogens (tertiary/aromatic N) is 1. The van der Waals surface area contributed by atoms with Gasteiger partial charge in [-0.05, 0) is 48.7 Å². The molecule has 6 nitrogen and oxygen atoms in total. The second-order valence-electron chi connectivity index (χ2n) is 7.64. The Morgan fingerprint density at radius 1 is 1.23 bits per heavy atom. The molecule has 0 aromatic heterocycles. The molecule has 2 N–H and O–H groups in total. The van der Waals surface area contributed by atoms with E-state index < -0.39 is 0 Å². The van der Waals surface area contributed by atoms with E-state index in [9.17, 15) is 14.0 Å². The Hall–Kier alpha value is -2.64. The van der Waals surface area contributed by atoms with Gasteiger partial charge in [-0.1, -0.05) is 23.7 Å². The topological polar surface area (TPSA) is 70.7 Å². The number of halogens is 2. The summed E-state index contributed by atoms with van der Waals surface area (Å²) in [6, 6.07) is 9.69. The molecule has 1 unspecified atom stereocenters. The van der Waals surface area contributed by atoms with Crippen LogP contribution in [-0.2, 0) is 22.6 Å². The first-order chi connectivity index (χ1) is 14.8. The molecule has 3 rings (SSSR count). The molecule has 1 saturated heterocycles. The van der Waals surface area contributed by atoms with Crippen molar-refractivity contribution >= 4 is 23.4 Å². The maximum atomic E-state index is 13.3. The summed E-state index contributed by atoms with van der Waals surface area (Å²) in [5.41, 5.74) is 2.34. The Balaban J connectivity index is 1.83.